The molecule has 2 heterocycles. The molecule has 2 saturated heterocycles. The quantitative estimate of drug-likeness (QED) is 0.312. The van der Waals surface area contributed by atoms with Crippen LogP contribution in [0.3, 0.4) is 0 Å². The molecular weight excluding hydrogens is 573 g/mol. The number of rotatable bonds is 8. The molecule has 0 bridgehead atoms. The second kappa shape index (κ2) is 15.2. The molecule has 2 aromatic rings. The van der Waals surface area contributed by atoms with Crippen molar-refractivity contribution in [2.75, 3.05) is 66.5 Å². The molecule has 4 rings (SSSR count). The molecule has 0 radical (unpaired) electrons. The van der Waals surface area contributed by atoms with Crippen molar-refractivity contribution < 1.29 is 4.79 Å². The number of Topliss-reactive ketones (excluding diaryl/α,β-unsaturated/α-hetero) is 1. The zero-order chi connectivity index (χ0) is 31.9. The minimum Gasteiger partial charge on any atom is -0.304 e. The van der Waals surface area contributed by atoms with E-state index in [0.29, 0.717) is 5.78 Å². The molecule has 2 aliphatic heterocycles. The molecule has 2 aliphatic rings. The summed E-state index contributed by atoms with van der Waals surface area (Å²) in [6.45, 7) is 21.3. The minimum atomic E-state index is -1.48. The Morgan fingerprint density at radius 2 is 1.00 bits per heavy atom. The predicted octanol–water partition coefficient (Wildman–Crippen LogP) is 4.73. The number of nitrogens with zero attached hydrogens (tertiary/aromatic N) is 4. The Balaban J connectivity index is 1.66. The van der Waals surface area contributed by atoms with Crippen molar-refractivity contribution in [2.45, 2.75) is 64.2 Å². The fourth-order valence-electron chi connectivity index (χ4n) is 5.83. The summed E-state index contributed by atoms with van der Waals surface area (Å²) in [4.78, 5) is 24.6. The summed E-state index contributed by atoms with van der Waals surface area (Å²) < 4.78 is 0. The van der Waals surface area contributed by atoms with Crippen LogP contribution in [0.1, 0.15) is 22.3 Å². The summed E-state index contributed by atoms with van der Waals surface area (Å²) in [7, 11) is 1.40. The molecule has 2 atom stereocenters. The monoisotopic (exact) mass is 626 g/mol. The standard InChI is InChI=1S/C37H54N4OSi2/c1-38-17-21-40(22-18-38)35(29-33-13-9-11-31(27-33)15-25-43(3,4)5)37(42)36(41-23-19-39(2)20-24-41)30-34-14-10-12-32(28-34)16-26-44(6,7)8/h9-14,27-28,35-36H,17-24,29-30H2,1-8H3. The van der Waals surface area contributed by atoms with Gasteiger partial charge in [-0.25, -0.2) is 0 Å². The topological polar surface area (TPSA) is 30.0 Å². The molecule has 0 aliphatic carbocycles. The summed E-state index contributed by atoms with van der Waals surface area (Å²) >= 11 is 0. The van der Waals surface area contributed by atoms with Crippen LogP contribution >= 0.6 is 0 Å². The van der Waals surface area contributed by atoms with E-state index in [1.54, 1.807) is 0 Å². The van der Waals surface area contributed by atoms with Crippen molar-refractivity contribution >= 4 is 21.9 Å². The maximum atomic E-state index is 14.9. The van der Waals surface area contributed by atoms with Crippen molar-refractivity contribution in [3.63, 3.8) is 0 Å². The maximum Gasteiger partial charge on any atom is 0.167 e. The molecule has 2 fully saturated rings. The lowest BCUT2D eigenvalue weighted by molar-refractivity contribution is -0.131. The summed E-state index contributed by atoms with van der Waals surface area (Å²) in [6, 6.07) is 16.9. The van der Waals surface area contributed by atoms with Crippen molar-refractivity contribution in [2.24, 2.45) is 0 Å². The zero-order valence-electron chi connectivity index (χ0n) is 28.5. The SMILES string of the molecule is CN1CCN(C(Cc2cccc(C#C[Si](C)(C)C)c2)C(=O)C(Cc2cccc(C#C[Si](C)(C)C)c2)N2CCN(C)CC2)CC1. The van der Waals surface area contributed by atoms with Gasteiger partial charge in [-0.05, 0) is 62.3 Å². The van der Waals surface area contributed by atoms with Crippen molar-refractivity contribution in [1.82, 2.24) is 19.6 Å². The molecule has 0 N–H and O–H groups in total. The number of carbonyl (C=O) groups is 1. The lowest BCUT2D eigenvalue weighted by atomic mass is 9.90. The number of carbonyl (C=O) groups excluding carboxylic acids is 1. The Bertz CT molecular complexity index is 1280. The van der Waals surface area contributed by atoms with Gasteiger partial charge in [-0.3, -0.25) is 14.6 Å². The molecule has 0 saturated carbocycles. The molecule has 5 nitrogen and oxygen atoms in total. The zero-order valence-corrected chi connectivity index (χ0v) is 30.5. The Morgan fingerprint density at radius 3 is 1.34 bits per heavy atom. The van der Waals surface area contributed by atoms with Crippen LogP contribution in [0.25, 0.3) is 0 Å². The molecule has 2 unspecified atom stereocenters. The number of benzene rings is 2. The van der Waals surface area contributed by atoms with E-state index in [0.717, 1.165) is 76.3 Å². The van der Waals surface area contributed by atoms with Crippen LogP contribution in [-0.2, 0) is 17.6 Å². The number of piperazine rings is 2. The van der Waals surface area contributed by atoms with E-state index in [2.05, 4.69) is 144 Å². The van der Waals surface area contributed by atoms with Gasteiger partial charge in [0.05, 0.1) is 12.1 Å². The van der Waals surface area contributed by atoms with Gasteiger partial charge < -0.3 is 9.80 Å². The fraction of sp³-hybridized carbons (Fsp3) is 0.541. The number of hydrogen-bond donors (Lipinski definition) is 0. The third-order valence-electron chi connectivity index (χ3n) is 8.49. The lowest BCUT2D eigenvalue weighted by Gasteiger charge is -2.42. The lowest BCUT2D eigenvalue weighted by Crippen LogP contribution is -2.59. The first-order valence-electron chi connectivity index (χ1n) is 16.4. The van der Waals surface area contributed by atoms with Gasteiger partial charge in [0, 0.05) is 63.5 Å². The highest BCUT2D eigenvalue weighted by atomic mass is 28.3. The van der Waals surface area contributed by atoms with Gasteiger partial charge in [0.15, 0.2) is 5.78 Å². The largest absolute Gasteiger partial charge is 0.304 e. The molecule has 0 spiro atoms. The first-order chi connectivity index (χ1) is 20.8. The average molecular weight is 627 g/mol. The first kappa shape index (κ1) is 34.4. The third kappa shape index (κ3) is 10.8. The molecule has 7 heteroatoms. The smallest absolute Gasteiger partial charge is 0.167 e. The highest BCUT2D eigenvalue weighted by Crippen LogP contribution is 2.21. The van der Waals surface area contributed by atoms with Crippen LogP contribution in [0.4, 0.5) is 0 Å². The van der Waals surface area contributed by atoms with Gasteiger partial charge in [0.25, 0.3) is 0 Å². The second-order valence-electron chi connectivity index (χ2n) is 14.9. The van der Waals surface area contributed by atoms with Crippen molar-refractivity contribution in [3.05, 3.63) is 70.8 Å². The minimum absolute atomic E-state index is 0.163. The van der Waals surface area contributed by atoms with Crippen LogP contribution in [-0.4, -0.2) is 120 Å². The van der Waals surface area contributed by atoms with E-state index >= 15 is 0 Å². The summed E-state index contributed by atoms with van der Waals surface area (Å²) in [5.41, 5.74) is 11.5. The van der Waals surface area contributed by atoms with Gasteiger partial charge in [-0.1, -0.05) is 75.4 Å². The van der Waals surface area contributed by atoms with Gasteiger partial charge >= 0.3 is 0 Å². The summed E-state index contributed by atoms with van der Waals surface area (Å²) in [5, 5.41) is 0. The van der Waals surface area contributed by atoms with E-state index in [1.165, 1.54) is 11.1 Å². The molecule has 44 heavy (non-hydrogen) atoms. The van der Waals surface area contributed by atoms with Gasteiger partial charge in [-0.15, -0.1) is 11.1 Å². The van der Waals surface area contributed by atoms with Crippen LogP contribution in [0, 0.1) is 22.9 Å². The molecule has 0 aromatic heterocycles. The summed E-state index contributed by atoms with van der Waals surface area (Å²) in [5.74, 6) is 7.23. The van der Waals surface area contributed by atoms with Crippen LogP contribution < -0.4 is 0 Å². The first-order valence-corrected chi connectivity index (χ1v) is 23.4. The Kier molecular flexibility index (Phi) is 11.9. The Labute approximate surface area is 270 Å². The second-order valence-corrected chi connectivity index (χ2v) is 24.4. The van der Waals surface area contributed by atoms with Gasteiger partial charge in [-0.2, -0.15) is 0 Å². The molecule has 0 amide bonds. The van der Waals surface area contributed by atoms with Crippen LogP contribution in [0.15, 0.2) is 48.5 Å². The third-order valence-corrected chi connectivity index (χ3v) is 10.2. The average Bonchev–Trinajstić information content (AvgIpc) is 2.97. The highest BCUT2D eigenvalue weighted by Gasteiger charge is 2.37. The molecule has 236 valence electrons. The molecule has 2 aromatic carbocycles. The van der Waals surface area contributed by atoms with Crippen molar-refractivity contribution in [1.29, 1.82) is 0 Å². The molecular formula is C37H54N4OSi2. The van der Waals surface area contributed by atoms with Crippen LogP contribution in [0.2, 0.25) is 39.3 Å². The van der Waals surface area contributed by atoms with Crippen LogP contribution in [0.5, 0.6) is 0 Å². The number of likely N-dealkylation sites (N-methyl/N-ethyl adjacent to an activating group) is 2. The highest BCUT2D eigenvalue weighted by molar-refractivity contribution is 6.84. The predicted molar refractivity (Wildman–Crippen MR) is 191 cm³/mol. The van der Waals surface area contributed by atoms with E-state index in [4.69, 9.17) is 0 Å². The van der Waals surface area contributed by atoms with E-state index < -0.39 is 16.1 Å². The summed E-state index contributed by atoms with van der Waals surface area (Å²) in [6.07, 6.45) is 1.44. The Hall–Kier alpha value is -2.50. The maximum absolute atomic E-state index is 14.9. The number of ketones is 1. The van der Waals surface area contributed by atoms with Crippen molar-refractivity contribution in [3.8, 4) is 22.9 Å². The fourth-order valence-corrected chi connectivity index (χ4v) is 6.87. The number of hydrogen-bond acceptors (Lipinski definition) is 5. The van der Waals surface area contributed by atoms with E-state index in [1.807, 2.05) is 0 Å². The van der Waals surface area contributed by atoms with E-state index in [-0.39, 0.29) is 12.1 Å². The Morgan fingerprint density at radius 1 is 0.636 bits per heavy atom. The van der Waals surface area contributed by atoms with Gasteiger partial charge in [0.2, 0.25) is 0 Å². The normalized spacial score (nSPS) is 18.9. The van der Waals surface area contributed by atoms with E-state index in [9.17, 15) is 4.79 Å². The van der Waals surface area contributed by atoms with Gasteiger partial charge in [0.1, 0.15) is 16.1 Å².